The lowest BCUT2D eigenvalue weighted by Gasteiger charge is -2.07. The highest BCUT2D eigenvalue weighted by molar-refractivity contribution is 5.82. The van der Waals surface area contributed by atoms with Crippen molar-refractivity contribution in [3.8, 4) is 17.2 Å². The standard InChI is InChI=1S/C16H15NO3/c1-17-12(7-11-8-14(19)5-6-16(11)17)10-20-15-4-2-3-13(18)9-15/h2-9,18-19H,10H2,1H3. The third kappa shape index (κ3) is 2.28. The number of aryl methyl sites for hydroxylation is 1. The van der Waals surface area contributed by atoms with Crippen molar-refractivity contribution < 1.29 is 14.9 Å². The van der Waals surface area contributed by atoms with Crippen molar-refractivity contribution in [3.05, 3.63) is 54.2 Å². The van der Waals surface area contributed by atoms with E-state index < -0.39 is 0 Å². The number of benzene rings is 2. The average Bonchev–Trinajstić information content (AvgIpc) is 2.72. The van der Waals surface area contributed by atoms with Crippen LogP contribution in [0.25, 0.3) is 10.9 Å². The molecule has 0 amide bonds. The van der Waals surface area contributed by atoms with Gasteiger partial charge in [0.05, 0.1) is 5.69 Å². The highest BCUT2D eigenvalue weighted by Gasteiger charge is 2.07. The summed E-state index contributed by atoms with van der Waals surface area (Å²) in [5.74, 6) is 1.06. The van der Waals surface area contributed by atoms with Gasteiger partial charge in [-0.2, -0.15) is 0 Å². The molecule has 20 heavy (non-hydrogen) atoms. The minimum absolute atomic E-state index is 0.185. The van der Waals surface area contributed by atoms with Crippen molar-refractivity contribution in [1.29, 1.82) is 0 Å². The first-order valence-electron chi connectivity index (χ1n) is 6.32. The fourth-order valence-electron chi connectivity index (χ4n) is 2.26. The summed E-state index contributed by atoms with van der Waals surface area (Å²) in [6, 6.07) is 14.0. The number of aromatic nitrogens is 1. The van der Waals surface area contributed by atoms with Crippen LogP contribution in [-0.4, -0.2) is 14.8 Å². The van der Waals surface area contributed by atoms with E-state index in [0.29, 0.717) is 12.4 Å². The molecule has 0 spiro atoms. The first-order valence-corrected chi connectivity index (χ1v) is 6.32. The van der Waals surface area contributed by atoms with Gasteiger partial charge in [-0.15, -0.1) is 0 Å². The number of nitrogens with zero attached hydrogens (tertiary/aromatic N) is 1. The number of rotatable bonds is 3. The van der Waals surface area contributed by atoms with E-state index >= 15 is 0 Å². The molecule has 0 saturated heterocycles. The van der Waals surface area contributed by atoms with Gasteiger partial charge in [0.2, 0.25) is 0 Å². The fourth-order valence-corrected chi connectivity index (χ4v) is 2.26. The summed E-state index contributed by atoms with van der Waals surface area (Å²) in [6.45, 7) is 0.398. The van der Waals surface area contributed by atoms with E-state index in [1.807, 2.05) is 23.7 Å². The Kier molecular flexibility index (Phi) is 2.99. The molecule has 4 heteroatoms. The number of phenolic OH excluding ortho intramolecular Hbond substituents is 2. The summed E-state index contributed by atoms with van der Waals surface area (Å²) in [6.07, 6.45) is 0. The maximum Gasteiger partial charge on any atom is 0.128 e. The number of phenols is 2. The third-order valence-corrected chi connectivity index (χ3v) is 3.33. The first-order chi connectivity index (χ1) is 9.63. The van der Waals surface area contributed by atoms with E-state index in [1.165, 1.54) is 0 Å². The Labute approximate surface area is 116 Å². The van der Waals surface area contributed by atoms with Crippen LogP contribution in [0.15, 0.2) is 48.5 Å². The fraction of sp³-hybridized carbons (Fsp3) is 0.125. The number of hydrogen-bond acceptors (Lipinski definition) is 3. The summed E-state index contributed by atoms with van der Waals surface area (Å²) < 4.78 is 7.70. The molecule has 3 rings (SSSR count). The van der Waals surface area contributed by atoms with Crippen LogP contribution >= 0.6 is 0 Å². The third-order valence-electron chi connectivity index (χ3n) is 3.33. The average molecular weight is 269 g/mol. The maximum absolute atomic E-state index is 9.50. The lowest BCUT2D eigenvalue weighted by atomic mass is 10.2. The molecular formula is C16H15NO3. The van der Waals surface area contributed by atoms with Gasteiger partial charge in [0.15, 0.2) is 0 Å². The Morgan fingerprint density at radius 1 is 1.00 bits per heavy atom. The van der Waals surface area contributed by atoms with Crippen molar-refractivity contribution in [1.82, 2.24) is 4.57 Å². The Hall–Kier alpha value is -2.62. The summed E-state index contributed by atoms with van der Waals surface area (Å²) in [5, 5.41) is 19.9. The highest BCUT2D eigenvalue weighted by atomic mass is 16.5. The van der Waals surface area contributed by atoms with Crippen LogP contribution in [0.3, 0.4) is 0 Å². The largest absolute Gasteiger partial charge is 0.508 e. The Morgan fingerprint density at radius 2 is 1.80 bits per heavy atom. The number of fused-ring (bicyclic) bond motifs is 1. The summed E-state index contributed by atoms with van der Waals surface area (Å²) in [4.78, 5) is 0. The van der Waals surface area contributed by atoms with Crippen molar-refractivity contribution in [2.24, 2.45) is 7.05 Å². The molecule has 0 unspecified atom stereocenters. The predicted octanol–water partition coefficient (Wildman–Crippen LogP) is 3.17. The summed E-state index contributed by atoms with van der Waals surface area (Å²) in [5.41, 5.74) is 2.03. The van der Waals surface area contributed by atoms with Crippen LogP contribution in [0, 0.1) is 0 Å². The zero-order valence-electron chi connectivity index (χ0n) is 11.1. The smallest absolute Gasteiger partial charge is 0.128 e. The van der Waals surface area contributed by atoms with Gasteiger partial charge >= 0.3 is 0 Å². The summed E-state index contributed by atoms with van der Waals surface area (Å²) in [7, 11) is 1.96. The molecule has 102 valence electrons. The zero-order chi connectivity index (χ0) is 14.1. The Bertz CT molecular complexity index is 762. The second-order valence-corrected chi connectivity index (χ2v) is 4.72. The lowest BCUT2D eigenvalue weighted by Crippen LogP contribution is -2.01. The Balaban J connectivity index is 1.86. The van der Waals surface area contributed by atoms with Gasteiger partial charge in [-0.25, -0.2) is 0 Å². The van der Waals surface area contributed by atoms with E-state index in [0.717, 1.165) is 16.6 Å². The van der Waals surface area contributed by atoms with Crippen molar-refractivity contribution in [2.75, 3.05) is 0 Å². The molecule has 1 aromatic heterocycles. The normalized spacial score (nSPS) is 10.8. The number of hydrogen-bond donors (Lipinski definition) is 2. The zero-order valence-corrected chi connectivity index (χ0v) is 11.1. The van der Waals surface area contributed by atoms with E-state index in [2.05, 4.69) is 0 Å². The maximum atomic E-state index is 9.50. The van der Waals surface area contributed by atoms with Crippen molar-refractivity contribution in [3.63, 3.8) is 0 Å². The van der Waals surface area contributed by atoms with Gasteiger partial charge < -0.3 is 19.5 Å². The molecule has 4 nitrogen and oxygen atoms in total. The molecule has 0 bridgehead atoms. The summed E-state index contributed by atoms with van der Waals surface area (Å²) >= 11 is 0. The molecular weight excluding hydrogens is 254 g/mol. The lowest BCUT2D eigenvalue weighted by molar-refractivity contribution is 0.296. The van der Waals surface area contributed by atoms with Crippen LogP contribution in [0.5, 0.6) is 17.2 Å². The second kappa shape index (κ2) is 4.81. The molecule has 0 aliphatic carbocycles. The van der Waals surface area contributed by atoms with Crippen LogP contribution in [0.4, 0.5) is 0 Å². The van der Waals surface area contributed by atoms with Crippen molar-refractivity contribution >= 4 is 10.9 Å². The molecule has 2 aromatic carbocycles. The van der Waals surface area contributed by atoms with E-state index in [1.54, 1.807) is 36.4 Å². The monoisotopic (exact) mass is 269 g/mol. The Morgan fingerprint density at radius 3 is 2.60 bits per heavy atom. The molecule has 3 aromatic rings. The first kappa shape index (κ1) is 12.4. The quantitative estimate of drug-likeness (QED) is 0.768. The molecule has 0 aliphatic heterocycles. The van der Waals surface area contributed by atoms with Crippen molar-refractivity contribution in [2.45, 2.75) is 6.61 Å². The molecule has 0 radical (unpaired) electrons. The van der Waals surface area contributed by atoms with Gasteiger partial charge in [0.25, 0.3) is 0 Å². The predicted molar refractivity (Wildman–Crippen MR) is 77.0 cm³/mol. The molecule has 0 atom stereocenters. The number of ether oxygens (including phenoxy) is 1. The van der Waals surface area contributed by atoms with E-state index in [-0.39, 0.29) is 11.5 Å². The van der Waals surface area contributed by atoms with Gasteiger partial charge in [-0.1, -0.05) is 6.07 Å². The van der Waals surface area contributed by atoms with Crippen LogP contribution in [0.2, 0.25) is 0 Å². The topological polar surface area (TPSA) is 54.6 Å². The van der Waals surface area contributed by atoms with Gasteiger partial charge in [0.1, 0.15) is 23.9 Å². The molecule has 0 fully saturated rings. The molecule has 2 N–H and O–H groups in total. The van der Waals surface area contributed by atoms with Crippen LogP contribution in [0.1, 0.15) is 5.69 Å². The van der Waals surface area contributed by atoms with Gasteiger partial charge in [-0.05, 0) is 36.4 Å². The van der Waals surface area contributed by atoms with Crippen LogP contribution in [-0.2, 0) is 13.7 Å². The van der Waals surface area contributed by atoms with Gasteiger partial charge in [0, 0.05) is 24.0 Å². The molecule has 1 heterocycles. The molecule has 0 aliphatic rings. The minimum Gasteiger partial charge on any atom is -0.508 e. The van der Waals surface area contributed by atoms with Gasteiger partial charge in [-0.3, -0.25) is 0 Å². The number of aromatic hydroxyl groups is 2. The molecule has 0 saturated carbocycles. The van der Waals surface area contributed by atoms with E-state index in [4.69, 9.17) is 4.74 Å². The minimum atomic E-state index is 0.185. The van der Waals surface area contributed by atoms with E-state index in [9.17, 15) is 10.2 Å². The van der Waals surface area contributed by atoms with Crippen LogP contribution < -0.4 is 4.74 Å². The SMILES string of the molecule is Cn1c(COc2cccc(O)c2)cc2cc(O)ccc21. The second-order valence-electron chi connectivity index (χ2n) is 4.72. The highest BCUT2D eigenvalue weighted by Crippen LogP contribution is 2.24.